The van der Waals surface area contributed by atoms with Crippen molar-refractivity contribution in [2.24, 2.45) is 5.73 Å². The third-order valence-corrected chi connectivity index (χ3v) is 2.16. The molecular formula is C13H19F2NO. The molecule has 1 rings (SSSR count). The van der Waals surface area contributed by atoms with Crippen LogP contribution in [0, 0.1) is 0 Å². The van der Waals surface area contributed by atoms with Crippen LogP contribution in [0.4, 0.5) is 8.78 Å². The quantitative estimate of drug-likeness (QED) is 0.878. The zero-order valence-corrected chi connectivity index (χ0v) is 10.4. The molecule has 1 aromatic rings. The molecule has 0 saturated heterocycles. The molecule has 96 valence electrons. The van der Waals surface area contributed by atoms with Crippen molar-refractivity contribution in [1.82, 2.24) is 0 Å². The molecule has 0 aliphatic carbocycles. The molecule has 2 nitrogen and oxygen atoms in total. The predicted molar refractivity (Wildman–Crippen MR) is 64.4 cm³/mol. The van der Waals surface area contributed by atoms with Gasteiger partial charge in [-0.15, -0.1) is 0 Å². The van der Waals surface area contributed by atoms with Crippen LogP contribution in [0.25, 0.3) is 0 Å². The van der Waals surface area contributed by atoms with Crippen LogP contribution in [-0.2, 0) is 0 Å². The molecule has 0 saturated carbocycles. The van der Waals surface area contributed by atoms with Gasteiger partial charge in [-0.05, 0) is 38.5 Å². The van der Waals surface area contributed by atoms with Crippen molar-refractivity contribution >= 4 is 0 Å². The number of hydrogen-bond donors (Lipinski definition) is 1. The van der Waals surface area contributed by atoms with Crippen LogP contribution in [0.3, 0.4) is 0 Å². The highest BCUT2D eigenvalue weighted by Crippen LogP contribution is 2.23. The van der Waals surface area contributed by atoms with Crippen molar-refractivity contribution in [3.8, 4) is 5.75 Å². The lowest BCUT2D eigenvalue weighted by molar-refractivity contribution is 0.128. The van der Waals surface area contributed by atoms with Crippen molar-refractivity contribution in [1.29, 1.82) is 0 Å². The Kier molecular flexibility index (Phi) is 4.46. The summed E-state index contributed by atoms with van der Waals surface area (Å²) in [5.74, 6) is 0.713. The minimum absolute atomic E-state index is 0.271. The lowest BCUT2D eigenvalue weighted by Gasteiger charge is -2.21. The first-order chi connectivity index (χ1) is 7.78. The normalized spacial score (nSPS) is 13.8. The van der Waals surface area contributed by atoms with Gasteiger partial charge in [0, 0.05) is 12.5 Å². The van der Waals surface area contributed by atoms with E-state index >= 15 is 0 Å². The van der Waals surface area contributed by atoms with Gasteiger partial charge < -0.3 is 10.5 Å². The van der Waals surface area contributed by atoms with Gasteiger partial charge in [-0.25, -0.2) is 8.78 Å². The van der Waals surface area contributed by atoms with E-state index in [0.29, 0.717) is 11.3 Å². The first-order valence-corrected chi connectivity index (χ1v) is 5.60. The molecule has 1 aromatic carbocycles. The largest absolute Gasteiger partial charge is 0.488 e. The molecule has 1 atom stereocenters. The van der Waals surface area contributed by atoms with E-state index in [4.69, 9.17) is 10.5 Å². The molecule has 17 heavy (non-hydrogen) atoms. The van der Waals surface area contributed by atoms with Crippen molar-refractivity contribution in [3.63, 3.8) is 0 Å². The van der Waals surface area contributed by atoms with E-state index in [1.165, 1.54) is 0 Å². The third-order valence-electron chi connectivity index (χ3n) is 2.16. The van der Waals surface area contributed by atoms with E-state index in [9.17, 15) is 8.78 Å². The van der Waals surface area contributed by atoms with Gasteiger partial charge in [-0.1, -0.05) is 12.1 Å². The second-order valence-electron chi connectivity index (χ2n) is 5.02. The van der Waals surface area contributed by atoms with Gasteiger partial charge in [0.05, 0.1) is 0 Å². The lowest BCUT2D eigenvalue weighted by atomic mass is 10.0. The molecule has 0 spiro atoms. The zero-order valence-electron chi connectivity index (χ0n) is 10.4. The Bertz CT molecular complexity index is 343. The summed E-state index contributed by atoms with van der Waals surface area (Å²) in [5.41, 5.74) is 6.08. The van der Waals surface area contributed by atoms with Crippen LogP contribution in [0.15, 0.2) is 24.3 Å². The number of ether oxygens (including phenoxy) is 1. The van der Waals surface area contributed by atoms with Gasteiger partial charge in [0.1, 0.15) is 11.4 Å². The zero-order chi connectivity index (χ0) is 13.1. The Morgan fingerprint density at radius 3 is 2.12 bits per heavy atom. The first-order valence-electron chi connectivity index (χ1n) is 5.60. The number of benzene rings is 1. The fourth-order valence-electron chi connectivity index (χ4n) is 1.46. The summed E-state index contributed by atoms with van der Waals surface area (Å²) < 4.78 is 30.0. The molecule has 0 aromatic heterocycles. The van der Waals surface area contributed by atoms with Gasteiger partial charge in [-0.2, -0.15) is 0 Å². The third kappa shape index (κ3) is 5.13. The Morgan fingerprint density at radius 2 is 1.71 bits per heavy atom. The van der Waals surface area contributed by atoms with E-state index < -0.39 is 12.5 Å². The average Bonchev–Trinajstić information content (AvgIpc) is 2.15. The highest BCUT2D eigenvalue weighted by Gasteiger charge is 2.14. The molecule has 2 N–H and O–H groups in total. The summed E-state index contributed by atoms with van der Waals surface area (Å²) >= 11 is 0. The summed E-state index contributed by atoms with van der Waals surface area (Å²) in [6.45, 7) is 5.84. The molecule has 0 heterocycles. The summed E-state index contributed by atoms with van der Waals surface area (Å²) in [6.07, 6.45) is -2.70. The Hall–Kier alpha value is -1.16. The highest BCUT2D eigenvalue weighted by molar-refractivity contribution is 5.29. The predicted octanol–water partition coefficient (Wildman–Crippen LogP) is 3.52. The Balaban J connectivity index is 2.67. The maximum atomic E-state index is 12.2. The SMILES string of the molecule is CC(C)(C)Oc1ccc([C@H](N)CC(F)F)cc1. The minimum atomic E-state index is -2.38. The topological polar surface area (TPSA) is 35.2 Å². The van der Waals surface area contributed by atoms with Crippen LogP contribution >= 0.6 is 0 Å². The second kappa shape index (κ2) is 5.45. The standard InChI is InChI=1S/C13H19F2NO/c1-13(2,3)17-10-6-4-9(5-7-10)11(16)8-12(14)15/h4-7,11-12H,8,16H2,1-3H3/t11-/m1/s1. The van der Waals surface area contributed by atoms with E-state index in [0.717, 1.165) is 0 Å². The molecule has 0 aliphatic rings. The van der Waals surface area contributed by atoms with Gasteiger partial charge in [-0.3, -0.25) is 0 Å². The van der Waals surface area contributed by atoms with Crippen molar-refractivity contribution in [2.75, 3.05) is 0 Å². The second-order valence-corrected chi connectivity index (χ2v) is 5.02. The number of hydrogen-bond acceptors (Lipinski definition) is 2. The number of nitrogens with two attached hydrogens (primary N) is 1. The molecular weight excluding hydrogens is 224 g/mol. The van der Waals surface area contributed by atoms with Crippen LogP contribution in [0.5, 0.6) is 5.75 Å². The maximum absolute atomic E-state index is 12.2. The average molecular weight is 243 g/mol. The molecule has 0 amide bonds. The first kappa shape index (κ1) is 13.9. The molecule has 0 aliphatic heterocycles. The van der Waals surface area contributed by atoms with E-state index in [1.807, 2.05) is 20.8 Å². The van der Waals surface area contributed by atoms with Gasteiger partial charge in [0.15, 0.2) is 0 Å². The van der Waals surface area contributed by atoms with Gasteiger partial charge >= 0.3 is 0 Å². The smallest absolute Gasteiger partial charge is 0.240 e. The molecule has 0 fully saturated rings. The van der Waals surface area contributed by atoms with Crippen LogP contribution in [-0.4, -0.2) is 12.0 Å². The fourth-order valence-corrected chi connectivity index (χ4v) is 1.46. The van der Waals surface area contributed by atoms with Crippen LogP contribution in [0.2, 0.25) is 0 Å². The number of rotatable bonds is 4. The highest BCUT2D eigenvalue weighted by atomic mass is 19.3. The summed E-state index contributed by atoms with van der Waals surface area (Å²) in [5, 5.41) is 0. The van der Waals surface area contributed by atoms with E-state index in [1.54, 1.807) is 24.3 Å². The number of alkyl halides is 2. The van der Waals surface area contributed by atoms with Crippen LogP contribution < -0.4 is 10.5 Å². The van der Waals surface area contributed by atoms with Crippen LogP contribution in [0.1, 0.15) is 38.8 Å². The summed E-state index contributed by atoms with van der Waals surface area (Å²) in [6, 6.07) is 6.35. The monoisotopic (exact) mass is 243 g/mol. The fraction of sp³-hybridized carbons (Fsp3) is 0.538. The van der Waals surface area contributed by atoms with Crippen molar-refractivity contribution in [3.05, 3.63) is 29.8 Å². The van der Waals surface area contributed by atoms with Gasteiger partial charge in [0.2, 0.25) is 6.43 Å². The Morgan fingerprint density at radius 1 is 1.18 bits per heavy atom. The molecule has 0 radical (unpaired) electrons. The summed E-state index contributed by atoms with van der Waals surface area (Å²) in [7, 11) is 0. The van der Waals surface area contributed by atoms with E-state index in [-0.39, 0.29) is 12.0 Å². The van der Waals surface area contributed by atoms with Crippen molar-refractivity contribution < 1.29 is 13.5 Å². The maximum Gasteiger partial charge on any atom is 0.240 e. The van der Waals surface area contributed by atoms with E-state index in [2.05, 4.69) is 0 Å². The number of halogens is 2. The lowest BCUT2D eigenvalue weighted by Crippen LogP contribution is -2.23. The molecule has 0 unspecified atom stereocenters. The molecule has 0 bridgehead atoms. The van der Waals surface area contributed by atoms with Gasteiger partial charge in [0.25, 0.3) is 0 Å². The minimum Gasteiger partial charge on any atom is -0.488 e. The Labute approximate surface area is 101 Å². The molecule has 4 heteroatoms. The summed E-state index contributed by atoms with van der Waals surface area (Å²) in [4.78, 5) is 0. The van der Waals surface area contributed by atoms with Crippen molar-refractivity contribution in [2.45, 2.75) is 45.3 Å².